The summed E-state index contributed by atoms with van der Waals surface area (Å²) in [6, 6.07) is 15.3. The van der Waals surface area contributed by atoms with Crippen LogP contribution in [0.25, 0.3) is 0 Å². The Balaban J connectivity index is 0.000000363. The monoisotopic (exact) mass is 516 g/mol. The lowest BCUT2D eigenvalue weighted by atomic mass is 10.1. The van der Waals surface area contributed by atoms with Gasteiger partial charge in [0.05, 0.1) is 26.2 Å². The number of carbonyl (C=O) groups is 2. The summed E-state index contributed by atoms with van der Waals surface area (Å²) >= 11 is 0. The van der Waals surface area contributed by atoms with Gasteiger partial charge in [-0.05, 0) is 25.7 Å². The summed E-state index contributed by atoms with van der Waals surface area (Å²) in [6.07, 6.45) is 11.1. The summed E-state index contributed by atoms with van der Waals surface area (Å²) in [5.74, 6) is 0. The van der Waals surface area contributed by atoms with Crippen LogP contribution in [0.1, 0.15) is 99.8 Å². The summed E-state index contributed by atoms with van der Waals surface area (Å²) < 4.78 is 13.5. The van der Waals surface area contributed by atoms with Crippen LogP contribution in [0.2, 0.25) is 0 Å². The number of unbranched alkanes of at least 4 members (excludes halogenated alkanes) is 4. The average Bonchev–Trinajstić information content (AvgIpc) is 2.92. The molecule has 5 nitrogen and oxygen atoms in total. The van der Waals surface area contributed by atoms with Crippen LogP contribution in [0.4, 0.5) is 0 Å². The van der Waals surface area contributed by atoms with Gasteiger partial charge in [0.25, 0.3) is 11.0 Å². The summed E-state index contributed by atoms with van der Waals surface area (Å²) in [5.41, 5.74) is -1.97. The molecule has 0 saturated heterocycles. The molecule has 0 bridgehead atoms. The number of hydrogen-bond acceptors (Lipinski definition) is 3. The van der Waals surface area contributed by atoms with Gasteiger partial charge in [-0.25, -0.2) is 0 Å². The van der Waals surface area contributed by atoms with E-state index in [-0.39, 0.29) is 11.1 Å². The first-order chi connectivity index (χ1) is 17.3. The molecule has 6 heteroatoms. The van der Waals surface area contributed by atoms with Crippen molar-refractivity contribution in [2.45, 2.75) is 79.1 Å². The molecule has 0 aromatic heterocycles. The van der Waals surface area contributed by atoms with Gasteiger partial charge in [0, 0.05) is 11.1 Å². The molecule has 0 spiro atoms. The quantitative estimate of drug-likeness (QED) is 0.182. The zero-order valence-electron chi connectivity index (χ0n) is 22.8. The average molecular weight is 517 g/mol. The fourth-order valence-corrected chi connectivity index (χ4v) is 5.43. The smallest absolute Gasteiger partial charge is 0.333 e. The molecule has 0 heterocycles. The van der Waals surface area contributed by atoms with Crippen molar-refractivity contribution in [2.24, 2.45) is 0 Å². The first kappa shape index (κ1) is 32.0. The highest BCUT2D eigenvalue weighted by atomic mass is 31.2. The highest BCUT2D eigenvalue weighted by Gasteiger charge is 2.38. The molecule has 0 radical (unpaired) electrons. The van der Waals surface area contributed by atoms with E-state index in [0.717, 1.165) is 0 Å². The first-order valence-electron chi connectivity index (χ1n) is 13.7. The van der Waals surface area contributed by atoms with E-state index in [0.29, 0.717) is 0 Å². The SMILES string of the molecule is CCCC[N+](CCCC)(CCCC)CCCC.O=C(c1ccccc1)P(=O)(O)C(=O)c1ccccc1. The fraction of sp³-hybridized carbons (Fsp3) is 0.533. The third-order valence-corrected chi connectivity index (χ3v) is 8.15. The Morgan fingerprint density at radius 1 is 0.611 bits per heavy atom. The second-order valence-corrected chi connectivity index (χ2v) is 11.5. The molecule has 36 heavy (non-hydrogen) atoms. The van der Waals surface area contributed by atoms with E-state index in [9.17, 15) is 19.0 Å². The number of nitrogens with zero attached hydrogens (tertiary/aromatic N) is 1. The van der Waals surface area contributed by atoms with Crippen LogP contribution in [0.5, 0.6) is 0 Å². The molecular weight excluding hydrogens is 469 g/mol. The molecule has 2 aromatic rings. The molecule has 1 N–H and O–H groups in total. The minimum absolute atomic E-state index is 0.0533. The summed E-state index contributed by atoms with van der Waals surface area (Å²) in [5, 5.41) is 0. The van der Waals surface area contributed by atoms with Gasteiger partial charge >= 0.3 is 7.37 Å². The minimum atomic E-state index is -4.60. The Bertz CT molecular complexity index is 837. The molecule has 0 atom stereocenters. The maximum atomic E-state index is 12.1. The van der Waals surface area contributed by atoms with Crippen LogP contribution in [0.15, 0.2) is 60.7 Å². The molecule has 0 amide bonds. The van der Waals surface area contributed by atoms with Gasteiger partial charge in [-0.1, -0.05) is 114 Å². The minimum Gasteiger partial charge on any atom is -0.333 e. The molecule has 0 fully saturated rings. The second-order valence-electron chi connectivity index (χ2n) is 9.57. The lowest BCUT2D eigenvalue weighted by molar-refractivity contribution is -0.929. The van der Waals surface area contributed by atoms with E-state index in [4.69, 9.17) is 0 Å². The predicted octanol–water partition coefficient (Wildman–Crippen LogP) is 7.94. The Morgan fingerprint density at radius 2 is 0.889 bits per heavy atom. The van der Waals surface area contributed by atoms with E-state index in [1.54, 1.807) is 36.4 Å². The Kier molecular flexibility index (Phi) is 15.4. The summed E-state index contributed by atoms with van der Waals surface area (Å²) in [4.78, 5) is 33.7. The Labute approximate surface area is 219 Å². The van der Waals surface area contributed by atoms with Crippen LogP contribution >= 0.6 is 7.37 Å². The van der Waals surface area contributed by atoms with E-state index >= 15 is 0 Å². The molecule has 0 aliphatic carbocycles. The van der Waals surface area contributed by atoms with Crippen molar-refractivity contribution >= 4 is 18.4 Å². The van der Waals surface area contributed by atoms with E-state index in [1.165, 1.54) is 106 Å². The van der Waals surface area contributed by atoms with E-state index < -0.39 is 18.4 Å². The van der Waals surface area contributed by atoms with Crippen LogP contribution in [0.3, 0.4) is 0 Å². The zero-order valence-corrected chi connectivity index (χ0v) is 23.7. The van der Waals surface area contributed by atoms with Crippen molar-refractivity contribution in [2.75, 3.05) is 26.2 Å². The molecule has 200 valence electrons. The molecular formula is C30H47NO4P+. The topological polar surface area (TPSA) is 71.4 Å². The normalized spacial score (nSPS) is 11.5. The Hall–Kier alpha value is -2.07. The standard InChI is InChI=1S/C16H36N.C14H11O4P/c1-5-9-13-17(14-10-6-2,15-11-7-3)16-12-8-4;15-13(11-7-3-1-4-8-11)19(17,18)14(16)12-9-5-2-6-10-12/h5-16H2,1-4H3;1-10H,(H,17,18)/q+1;. The van der Waals surface area contributed by atoms with Crippen molar-refractivity contribution in [3.8, 4) is 0 Å². The van der Waals surface area contributed by atoms with Crippen LogP contribution < -0.4 is 0 Å². The van der Waals surface area contributed by atoms with E-state index in [1.807, 2.05) is 0 Å². The first-order valence-corrected chi connectivity index (χ1v) is 15.3. The number of carbonyl (C=O) groups excluding carboxylic acids is 2. The number of hydrogen-bond donors (Lipinski definition) is 1. The van der Waals surface area contributed by atoms with Gasteiger partial charge in [-0.15, -0.1) is 0 Å². The van der Waals surface area contributed by atoms with E-state index in [2.05, 4.69) is 27.7 Å². The van der Waals surface area contributed by atoms with Gasteiger partial charge in [0.2, 0.25) is 0 Å². The van der Waals surface area contributed by atoms with Gasteiger partial charge in [0.1, 0.15) is 0 Å². The number of benzene rings is 2. The zero-order chi connectivity index (χ0) is 26.9. The second kappa shape index (κ2) is 17.4. The fourth-order valence-electron chi connectivity index (χ4n) is 4.25. The highest BCUT2D eigenvalue weighted by Crippen LogP contribution is 2.47. The van der Waals surface area contributed by atoms with Crippen molar-refractivity contribution in [3.05, 3.63) is 71.8 Å². The number of rotatable bonds is 16. The number of quaternary nitrogens is 1. The van der Waals surface area contributed by atoms with Crippen molar-refractivity contribution in [3.63, 3.8) is 0 Å². The largest absolute Gasteiger partial charge is 0.337 e. The van der Waals surface area contributed by atoms with Crippen molar-refractivity contribution < 1.29 is 23.5 Å². The Morgan fingerprint density at radius 3 is 1.14 bits per heavy atom. The maximum Gasteiger partial charge on any atom is 0.337 e. The van der Waals surface area contributed by atoms with Gasteiger partial charge in [0.15, 0.2) is 0 Å². The lowest BCUT2D eigenvalue weighted by Crippen LogP contribution is -2.50. The van der Waals surface area contributed by atoms with Gasteiger partial charge < -0.3 is 9.38 Å². The molecule has 0 saturated carbocycles. The highest BCUT2D eigenvalue weighted by molar-refractivity contribution is 7.91. The third kappa shape index (κ3) is 10.5. The molecule has 0 aliphatic rings. The summed E-state index contributed by atoms with van der Waals surface area (Å²) in [7, 11) is -4.60. The van der Waals surface area contributed by atoms with Crippen LogP contribution in [0, 0.1) is 0 Å². The van der Waals surface area contributed by atoms with Gasteiger partial charge in [-0.2, -0.15) is 0 Å². The van der Waals surface area contributed by atoms with Crippen LogP contribution in [-0.2, 0) is 4.57 Å². The molecule has 2 rings (SSSR count). The van der Waals surface area contributed by atoms with Crippen LogP contribution in [-0.4, -0.2) is 46.6 Å². The lowest BCUT2D eigenvalue weighted by Gasteiger charge is -2.39. The third-order valence-electron chi connectivity index (χ3n) is 6.54. The maximum absolute atomic E-state index is 12.1. The summed E-state index contributed by atoms with van der Waals surface area (Å²) in [6.45, 7) is 15.0. The van der Waals surface area contributed by atoms with Crippen molar-refractivity contribution in [1.82, 2.24) is 0 Å². The van der Waals surface area contributed by atoms with Gasteiger partial charge in [-0.3, -0.25) is 14.2 Å². The predicted molar refractivity (Wildman–Crippen MR) is 151 cm³/mol. The molecule has 2 aromatic carbocycles. The molecule has 0 unspecified atom stereocenters. The molecule has 0 aliphatic heterocycles. The van der Waals surface area contributed by atoms with Crippen molar-refractivity contribution in [1.29, 1.82) is 0 Å².